The lowest BCUT2D eigenvalue weighted by molar-refractivity contribution is -0.190. The van der Waals surface area contributed by atoms with E-state index < -0.39 is 144 Å². The maximum absolute atomic E-state index is 16.3. The molecule has 0 bridgehead atoms. The van der Waals surface area contributed by atoms with Crippen molar-refractivity contribution in [2.24, 2.45) is 11.7 Å². The Hall–Kier alpha value is -10.9. The third-order valence-electron chi connectivity index (χ3n) is 21.8. The summed E-state index contributed by atoms with van der Waals surface area (Å²) in [4.78, 5) is 163. The van der Waals surface area contributed by atoms with Gasteiger partial charge in [0.15, 0.2) is 6.29 Å². The number of nitrogens with one attached hydrogen (secondary N) is 7. The van der Waals surface area contributed by atoms with E-state index in [-0.39, 0.29) is 38.5 Å². The molecule has 4 heterocycles. The maximum Gasteiger partial charge on any atom is 0.305 e. The highest BCUT2D eigenvalue weighted by atomic mass is 35.5. The second-order valence-electron chi connectivity index (χ2n) is 31.6. The van der Waals surface area contributed by atoms with Gasteiger partial charge in [-0.1, -0.05) is 153 Å². The van der Waals surface area contributed by atoms with Crippen LogP contribution in [-0.2, 0) is 95.9 Å². The van der Waals surface area contributed by atoms with Crippen molar-refractivity contribution in [3.8, 4) is 5.75 Å². The molecule has 0 spiro atoms. The Kier molecular flexibility index (Phi) is 31.0. The molecule has 12 atom stereocenters. The molecule has 2 aliphatic rings. The number of nitrogens with two attached hydrogens (primary N) is 1. The zero-order valence-electron chi connectivity index (χ0n) is 67.6. The minimum absolute atomic E-state index is 0.0803. The molecule has 2 aliphatic heterocycles. The molecule has 6 aromatic carbocycles. The molecule has 8 aromatic rings. The molecular weight excluding hydrogens is 1500 g/mol. The number of likely N-dealkylation sites (tertiary alicyclic amines) is 1. The molecule has 0 saturated carbocycles. The van der Waals surface area contributed by atoms with Gasteiger partial charge in [0.1, 0.15) is 65.7 Å². The Morgan fingerprint density at radius 3 is 1.53 bits per heavy atom. The number of hydrogen-bond acceptors (Lipinski definition) is 14. The van der Waals surface area contributed by atoms with Crippen LogP contribution < -0.4 is 37.1 Å². The van der Waals surface area contributed by atoms with Gasteiger partial charge < -0.3 is 81.2 Å². The first-order valence-electron chi connectivity index (χ1n) is 40.1. The first-order valence-corrected chi connectivity index (χ1v) is 40.5. The number of carbonyl (C=O) groups excluding carboxylic acids is 9. The number of aliphatic carboxylic acids is 1. The largest absolute Gasteiger partial charge is 0.488 e. The number of likely N-dealkylation sites (N-methyl/N-ethyl adjacent to an activating group) is 3. The van der Waals surface area contributed by atoms with Crippen LogP contribution in [0.4, 0.5) is 0 Å². The summed E-state index contributed by atoms with van der Waals surface area (Å²) in [5.41, 5.74) is 11.2. The quantitative estimate of drug-likeness (QED) is 0.0175. The predicted octanol–water partition coefficient (Wildman–Crippen LogP) is 8.93. The standard InChI is InChI=1S/C89H111ClN12O14/c1-10-55(2)79(84(109)97-72(52-76(103)104)87(112)102-42-23-13-24-43-102)98-83(108)74(48-58-29-16-12-17-30-58)100(8)86(111)71(51-62-54-93-68-36-21-19-34-66(62)68)96-82(107)73(47-57-27-14-11-15-28-57)99(7)85(110)70(50-61-53-92-67-35-20-18-33-65(61)67)95-80(105)69(46-59-38-40-64(41-39-59)116-89(4,5)6)94-81(106)75(49-60-31-26-32-63(90)45-60)101(9)88(113)78(91)56(3)115-77-37-22-25-44-114-77/h11-12,14-21,26-36,38-41,45,53-56,69-75,77-79,92-93H,10,13,22-25,37,42-44,46-52,91H2,1-9H3,(H,94,106)(H,95,105)(H,96,107)(H,97,109)(H,98,108)(H,103,104)/t55-,56+,69+,70-,71-,72-,73-,74-,75-,77?,78-,79-/m0/s1. The number of carboxylic acids is 1. The lowest BCUT2D eigenvalue weighted by atomic mass is 9.95. The van der Waals surface area contributed by atoms with Crippen molar-refractivity contribution in [3.05, 3.63) is 209 Å². The van der Waals surface area contributed by atoms with E-state index in [9.17, 15) is 24.3 Å². The lowest BCUT2D eigenvalue weighted by Crippen LogP contribution is -2.62. The van der Waals surface area contributed by atoms with Gasteiger partial charge in [0.2, 0.25) is 53.2 Å². The van der Waals surface area contributed by atoms with Crippen LogP contribution in [0, 0.1) is 5.92 Å². The van der Waals surface area contributed by atoms with Crippen molar-refractivity contribution >= 4 is 92.5 Å². The van der Waals surface area contributed by atoms with Crippen LogP contribution in [0.5, 0.6) is 5.75 Å². The average molecular weight is 1610 g/mol. The molecule has 10 rings (SSSR count). The molecule has 0 radical (unpaired) electrons. The summed E-state index contributed by atoms with van der Waals surface area (Å²) in [5.74, 6) is -7.91. The van der Waals surface area contributed by atoms with Crippen molar-refractivity contribution in [2.75, 3.05) is 40.8 Å². The number of aromatic nitrogens is 2. The topological polar surface area (TPSA) is 349 Å². The third-order valence-corrected chi connectivity index (χ3v) is 22.0. The molecule has 26 nitrogen and oxygen atoms in total. The predicted molar refractivity (Wildman–Crippen MR) is 444 cm³/mol. The van der Waals surface area contributed by atoms with E-state index in [0.29, 0.717) is 76.7 Å². The summed E-state index contributed by atoms with van der Waals surface area (Å²) >= 11 is 6.55. The maximum atomic E-state index is 16.3. The van der Waals surface area contributed by atoms with E-state index in [1.165, 1.54) is 35.8 Å². The molecule has 618 valence electrons. The van der Waals surface area contributed by atoms with E-state index >= 15 is 28.8 Å². The number of nitrogens with zero attached hydrogens (tertiary/aromatic N) is 4. The molecular formula is C89H111ClN12O14. The fourth-order valence-corrected chi connectivity index (χ4v) is 15.2. The summed E-state index contributed by atoms with van der Waals surface area (Å²) in [7, 11) is 4.33. The first kappa shape index (κ1) is 87.5. The van der Waals surface area contributed by atoms with Crippen LogP contribution in [0.3, 0.4) is 0 Å². The van der Waals surface area contributed by atoms with Gasteiger partial charge in [-0.15, -0.1) is 0 Å². The number of hydrogen-bond donors (Lipinski definition) is 9. The molecule has 2 fully saturated rings. The molecule has 116 heavy (non-hydrogen) atoms. The number of halogens is 1. The number of para-hydroxylation sites is 2. The zero-order valence-corrected chi connectivity index (χ0v) is 68.4. The number of piperidine rings is 1. The van der Waals surface area contributed by atoms with Gasteiger partial charge in [0.25, 0.3) is 0 Å². The summed E-state index contributed by atoms with van der Waals surface area (Å²) in [6, 6.07) is 34.0. The number of benzene rings is 6. The van der Waals surface area contributed by atoms with Gasteiger partial charge in [0, 0.05) is 119 Å². The van der Waals surface area contributed by atoms with Crippen molar-refractivity contribution in [2.45, 2.75) is 204 Å². The first-order chi connectivity index (χ1) is 55.5. The number of H-pyrrole nitrogens is 2. The lowest BCUT2D eigenvalue weighted by Gasteiger charge is -2.35. The molecule has 10 N–H and O–H groups in total. The van der Waals surface area contributed by atoms with E-state index in [2.05, 4.69) is 36.6 Å². The van der Waals surface area contributed by atoms with E-state index in [1.807, 2.05) is 76.2 Å². The number of carbonyl (C=O) groups is 10. The molecule has 2 saturated heterocycles. The van der Waals surface area contributed by atoms with Gasteiger partial charge in [-0.05, 0) is 142 Å². The molecule has 1 unspecified atom stereocenters. The summed E-state index contributed by atoms with van der Waals surface area (Å²) < 4.78 is 18.1. The second-order valence-corrected chi connectivity index (χ2v) is 32.0. The number of rotatable bonds is 37. The van der Waals surface area contributed by atoms with Crippen LogP contribution in [-0.4, -0.2) is 207 Å². The Morgan fingerprint density at radius 2 is 1.02 bits per heavy atom. The van der Waals surface area contributed by atoms with Crippen molar-refractivity contribution < 1.29 is 67.3 Å². The fourth-order valence-electron chi connectivity index (χ4n) is 15.0. The summed E-state index contributed by atoms with van der Waals surface area (Å²) in [5, 5.41) is 26.5. The molecule has 2 aromatic heterocycles. The number of fused-ring (bicyclic) bond motifs is 2. The average Bonchev–Trinajstić information content (AvgIpc) is 1.68. The molecule has 27 heteroatoms. The van der Waals surface area contributed by atoms with E-state index in [0.717, 1.165) is 53.9 Å². The van der Waals surface area contributed by atoms with Crippen LogP contribution >= 0.6 is 11.6 Å². The Bertz CT molecular complexity index is 4680. The van der Waals surface area contributed by atoms with E-state index in [4.69, 9.17) is 31.5 Å². The van der Waals surface area contributed by atoms with Crippen LogP contribution in [0.1, 0.15) is 126 Å². The van der Waals surface area contributed by atoms with Crippen molar-refractivity contribution in [3.63, 3.8) is 0 Å². The summed E-state index contributed by atoms with van der Waals surface area (Å²) in [6.45, 7) is 12.2. The molecule has 0 aliphatic carbocycles. The van der Waals surface area contributed by atoms with Crippen LogP contribution in [0.2, 0.25) is 5.02 Å². The van der Waals surface area contributed by atoms with E-state index in [1.54, 1.807) is 140 Å². The Balaban J connectivity index is 0.999. The summed E-state index contributed by atoms with van der Waals surface area (Å²) in [6.07, 6.45) is 5.63. The van der Waals surface area contributed by atoms with Crippen molar-refractivity contribution in [1.82, 2.24) is 56.2 Å². The SMILES string of the molecule is CC[C@H](C)[C@H](NC(=O)[C@H](Cc1ccccc1)N(C)C(=O)[C@H](Cc1c[nH]c2ccccc12)NC(=O)[C@H](Cc1ccccc1)N(C)C(=O)[C@H](Cc1c[nH]c2ccccc12)NC(=O)[C@@H](Cc1ccc(OC(C)(C)C)cc1)NC(=O)[C@H](Cc1cccc(Cl)c1)N(C)C(=O)[C@@H](N)[C@@H](C)OC1CCCCO1)C(=O)N[C@@H](CC(=O)O)C(=O)N1CCCCC1. The van der Waals surface area contributed by atoms with Crippen molar-refractivity contribution in [1.29, 1.82) is 0 Å². The normalized spacial score (nSPS) is 16.6. The van der Waals surface area contributed by atoms with Gasteiger partial charge in [-0.2, -0.15) is 0 Å². The smallest absolute Gasteiger partial charge is 0.305 e. The highest BCUT2D eigenvalue weighted by Crippen LogP contribution is 2.27. The monoisotopic (exact) mass is 1610 g/mol. The molecule has 9 amide bonds. The van der Waals surface area contributed by atoms with Crippen LogP contribution in [0.25, 0.3) is 21.8 Å². The number of amides is 9. The number of ether oxygens (including phenoxy) is 3. The van der Waals surface area contributed by atoms with Gasteiger partial charge in [-0.3, -0.25) is 47.9 Å². The second kappa shape index (κ2) is 41.1. The minimum atomic E-state index is -1.49. The van der Waals surface area contributed by atoms with Gasteiger partial charge >= 0.3 is 5.97 Å². The fraction of sp³-hybridized carbons (Fsp3) is 0.438. The van der Waals surface area contributed by atoms with Gasteiger partial charge in [-0.25, -0.2) is 0 Å². The Morgan fingerprint density at radius 1 is 0.543 bits per heavy atom. The van der Waals surface area contributed by atoms with Gasteiger partial charge in [0.05, 0.1) is 12.5 Å². The number of carboxylic acid groups (broad SMARTS) is 1. The highest BCUT2D eigenvalue weighted by Gasteiger charge is 2.42. The third kappa shape index (κ3) is 23.9. The zero-order chi connectivity index (χ0) is 83.3. The highest BCUT2D eigenvalue weighted by molar-refractivity contribution is 6.30. The van der Waals surface area contributed by atoms with Crippen LogP contribution in [0.15, 0.2) is 170 Å². The minimum Gasteiger partial charge on any atom is -0.488 e. The Labute approximate surface area is 683 Å². The number of aromatic amines is 2.